The van der Waals surface area contributed by atoms with Crippen molar-refractivity contribution in [2.45, 2.75) is 25.4 Å². The molecule has 2 aromatic rings. The van der Waals surface area contributed by atoms with E-state index in [4.69, 9.17) is 0 Å². The first kappa shape index (κ1) is 13.6. The summed E-state index contributed by atoms with van der Waals surface area (Å²) >= 11 is 0. The van der Waals surface area contributed by atoms with Gasteiger partial charge in [-0.25, -0.2) is 0 Å². The topological polar surface area (TPSA) is 0 Å². The van der Waals surface area contributed by atoms with E-state index in [1.807, 2.05) is 21.6 Å². The maximum Gasteiger partial charge on any atom is 0.0288 e. The zero-order valence-electron chi connectivity index (χ0n) is 10.8. The molecular weight excluding hydrogens is 256 g/mol. The van der Waals surface area contributed by atoms with Gasteiger partial charge in [0.25, 0.3) is 0 Å². The summed E-state index contributed by atoms with van der Waals surface area (Å²) in [5, 5.41) is 0. The maximum atomic E-state index is 2.22. The van der Waals surface area contributed by atoms with E-state index in [-0.39, 0.29) is 0 Å². The van der Waals surface area contributed by atoms with Gasteiger partial charge < -0.3 is 0 Å². The second kappa shape index (κ2) is 6.91. The minimum absolute atomic E-state index is 1.08. The lowest BCUT2D eigenvalue weighted by Gasteiger charge is -2.03. The molecule has 2 rings (SSSR count). The van der Waals surface area contributed by atoms with Crippen molar-refractivity contribution in [2.75, 3.05) is 0 Å². The highest BCUT2D eigenvalue weighted by molar-refractivity contribution is 8.76. The molecule has 0 radical (unpaired) electrons. The van der Waals surface area contributed by atoms with E-state index in [1.165, 1.54) is 22.3 Å². The van der Waals surface area contributed by atoms with Crippen LogP contribution in [0.1, 0.15) is 22.3 Å². The molecule has 0 aliphatic carbocycles. The Morgan fingerprint density at radius 3 is 1.28 bits per heavy atom. The fourth-order valence-corrected chi connectivity index (χ4v) is 3.73. The Labute approximate surface area is 118 Å². The van der Waals surface area contributed by atoms with Crippen molar-refractivity contribution in [3.8, 4) is 0 Å². The molecule has 0 unspecified atom stereocenters. The van der Waals surface area contributed by atoms with Crippen LogP contribution in [0.3, 0.4) is 0 Å². The van der Waals surface area contributed by atoms with Crippen LogP contribution in [-0.2, 0) is 11.5 Å². The number of hydrogen-bond acceptors (Lipinski definition) is 2. The normalized spacial score (nSPS) is 10.6. The Balaban J connectivity index is 1.73. The second-order valence-corrected chi connectivity index (χ2v) is 6.96. The quantitative estimate of drug-likeness (QED) is 0.530. The van der Waals surface area contributed by atoms with Crippen LogP contribution in [0.25, 0.3) is 0 Å². The van der Waals surface area contributed by atoms with Crippen molar-refractivity contribution in [3.63, 3.8) is 0 Å². The van der Waals surface area contributed by atoms with Gasteiger partial charge in [-0.05, 0) is 25.0 Å². The molecule has 0 bridgehead atoms. The molecule has 0 aromatic heterocycles. The van der Waals surface area contributed by atoms with Crippen LogP contribution in [0.2, 0.25) is 0 Å². The molecule has 0 N–H and O–H groups in total. The third-order valence-corrected chi connectivity index (χ3v) is 5.05. The fourth-order valence-electron chi connectivity index (χ4n) is 1.59. The number of aryl methyl sites for hydroxylation is 2. The van der Waals surface area contributed by atoms with Crippen molar-refractivity contribution < 1.29 is 0 Å². The number of rotatable bonds is 5. The first-order valence-electron chi connectivity index (χ1n) is 6.09. The molecule has 2 aromatic carbocycles. The van der Waals surface area contributed by atoms with Crippen LogP contribution in [0.4, 0.5) is 0 Å². The van der Waals surface area contributed by atoms with Crippen LogP contribution >= 0.6 is 21.6 Å². The van der Waals surface area contributed by atoms with Crippen LogP contribution in [0.5, 0.6) is 0 Å². The largest absolute Gasteiger partial charge is 0.0890 e. The summed E-state index contributed by atoms with van der Waals surface area (Å²) in [4.78, 5) is 0. The Morgan fingerprint density at radius 2 is 0.944 bits per heavy atom. The summed E-state index contributed by atoms with van der Waals surface area (Å²) in [6.07, 6.45) is 0. The van der Waals surface area contributed by atoms with Gasteiger partial charge >= 0.3 is 0 Å². The van der Waals surface area contributed by atoms with Crippen molar-refractivity contribution in [3.05, 3.63) is 70.8 Å². The van der Waals surface area contributed by atoms with Crippen molar-refractivity contribution >= 4 is 21.6 Å². The van der Waals surface area contributed by atoms with Crippen molar-refractivity contribution in [1.29, 1.82) is 0 Å². The predicted molar refractivity (Wildman–Crippen MR) is 84.9 cm³/mol. The minimum atomic E-state index is 1.08. The molecule has 0 saturated carbocycles. The standard InChI is InChI=1S/C16H18S2/c1-13-3-7-15(8-4-13)11-17-18-12-16-9-5-14(2)6-10-16/h3-10H,11-12H2,1-2H3. The summed E-state index contributed by atoms with van der Waals surface area (Å²) < 4.78 is 0. The van der Waals surface area contributed by atoms with Gasteiger partial charge in [0.1, 0.15) is 0 Å². The first-order valence-corrected chi connectivity index (χ1v) is 8.58. The number of hydrogen-bond donors (Lipinski definition) is 0. The molecule has 0 aliphatic heterocycles. The van der Waals surface area contributed by atoms with Crippen LogP contribution < -0.4 is 0 Å². The van der Waals surface area contributed by atoms with Gasteiger partial charge in [-0.3, -0.25) is 0 Å². The molecule has 2 heteroatoms. The molecule has 0 nitrogen and oxygen atoms in total. The summed E-state index contributed by atoms with van der Waals surface area (Å²) in [7, 11) is 3.86. The van der Waals surface area contributed by atoms with Gasteiger partial charge in [-0.1, -0.05) is 81.2 Å². The first-order chi connectivity index (χ1) is 8.74. The van der Waals surface area contributed by atoms with Gasteiger partial charge in [0.05, 0.1) is 0 Å². The monoisotopic (exact) mass is 274 g/mol. The minimum Gasteiger partial charge on any atom is -0.0890 e. The van der Waals surface area contributed by atoms with Crippen LogP contribution in [0.15, 0.2) is 48.5 Å². The van der Waals surface area contributed by atoms with Gasteiger partial charge in [0, 0.05) is 11.5 Å². The summed E-state index contributed by atoms with van der Waals surface area (Å²) in [6, 6.07) is 17.6. The lowest BCUT2D eigenvalue weighted by molar-refractivity contribution is 1.37. The van der Waals surface area contributed by atoms with E-state index in [1.54, 1.807) is 0 Å². The van der Waals surface area contributed by atoms with E-state index >= 15 is 0 Å². The second-order valence-electron chi connectivity index (χ2n) is 4.50. The third kappa shape index (κ3) is 4.43. The highest BCUT2D eigenvalue weighted by Gasteiger charge is 1.96. The van der Waals surface area contributed by atoms with E-state index in [2.05, 4.69) is 62.4 Å². The summed E-state index contributed by atoms with van der Waals surface area (Å²) in [5.41, 5.74) is 5.47. The maximum absolute atomic E-state index is 2.22. The lowest BCUT2D eigenvalue weighted by Crippen LogP contribution is -1.81. The van der Waals surface area contributed by atoms with Gasteiger partial charge in [-0.15, -0.1) is 0 Å². The Morgan fingerprint density at radius 1 is 0.611 bits per heavy atom. The fraction of sp³-hybridized carbons (Fsp3) is 0.250. The Hall–Kier alpha value is -0.860. The lowest BCUT2D eigenvalue weighted by atomic mass is 10.2. The van der Waals surface area contributed by atoms with E-state index in [0.29, 0.717) is 0 Å². The third-order valence-electron chi connectivity index (χ3n) is 2.78. The average molecular weight is 274 g/mol. The predicted octanol–water partition coefficient (Wildman–Crippen LogP) is 5.39. The number of benzene rings is 2. The zero-order chi connectivity index (χ0) is 12.8. The van der Waals surface area contributed by atoms with Crippen LogP contribution in [-0.4, -0.2) is 0 Å². The molecule has 0 fully saturated rings. The van der Waals surface area contributed by atoms with E-state index < -0.39 is 0 Å². The molecule has 0 spiro atoms. The summed E-state index contributed by atoms with van der Waals surface area (Å²) in [5.74, 6) is 2.16. The van der Waals surface area contributed by atoms with E-state index in [9.17, 15) is 0 Å². The molecule has 0 heterocycles. The highest BCUT2D eigenvalue weighted by atomic mass is 33.1. The van der Waals surface area contributed by atoms with Gasteiger partial charge in [-0.2, -0.15) is 0 Å². The van der Waals surface area contributed by atoms with Gasteiger partial charge in [0.15, 0.2) is 0 Å². The highest BCUT2D eigenvalue weighted by Crippen LogP contribution is 2.29. The SMILES string of the molecule is Cc1ccc(CSSCc2ccc(C)cc2)cc1. The molecule has 0 saturated heterocycles. The molecule has 18 heavy (non-hydrogen) atoms. The molecule has 0 atom stereocenters. The van der Waals surface area contributed by atoms with Crippen molar-refractivity contribution in [2.24, 2.45) is 0 Å². The average Bonchev–Trinajstić information content (AvgIpc) is 2.39. The van der Waals surface area contributed by atoms with Gasteiger partial charge in [0.2, 0.25) is 0 Å². The summed E-state index contributed by atoms with van der Waals surface area (Å²) in [6.45, 7) is 4.26. The molecular formula is C16H18S2. The molecule has 0 aliphatic rings. The van der Waals surface area contributed by atoms with Crippen LogP contribution in [0, 0.1) is 13.8 Å². The Bertz CT molecular complexity index is 424. The van der Waals surface area contributed by atoms with E-state index in [0.717, 1.165) is 11.5 Å². The molecule has 94 valence electrons. The Kier molecular flexibility index (Phi) is 5.21. The molecule has 0 amide bonds. The van der Waals surface area contributed by atoms with Crippen molar-refractivity contribution in [1.82, 2.24) is 0 Å². The zero-order valence-corrected chi connectivity index (χ0v) is 12.5. The smallest absolute Gasteiger partial charge is 0.0288 e.